The highest BCUT2D eigenvalue weighted by Gasteiger charge is 2.39. The van der Waals surface area contributed by atoms with Crippen LogP contribution >= 0.6 is 0 Å². The third-order valence-electron chi connectivity index (χ3n) is 5.01. The fourth-order valence-electron chi connectivity index (χ4n) is 3.40. The van der Waals surface area contributed by atoms with Crippen molar-refractivity contribution < 1.29 is 9.59 Å². The van der Waals surface area contributed by atoms with Gasteiger partial charge in [0.25, 0.3) is 11.8 Å². The van der Waals surface area contributed by atoms with Crippen LogP contribution in [0.3, 0.4) is 0 Å². The minimum atomic E-state index is -0.843. The van der Waals surface area contributed by atoms with Crippen LogP contribution < -0.4 is 5.19 Å². The quantitative estimate of drug-likeness (QED) is 0.473. The van der Waals surface area contributed by atoms with Gasteiger partial charge in [-0.25, -0.2) is 0 Å². The van der Waals surface area contributed by atoms with Gasteiger partial charge in [0.2, 0.25) is 0 Å². The number of allylic oxidation sites excluding steroid dienone is 1. The number of imide groups is 1. The lowest BCUT2D eigenvalue weighted by molar-refractivity contribution is 0.0633. The maximum absolute atomic E-state index is 12.9. The number of benzene rings is 2. The first-order valence-corrected chi connectivity index (χ1v) is 10.2. The summed E-state index contributed by atoms with van der Waals surface area (Å²) >= 11 is 0. The summed E-state index contributed by atoms with van der Waals surface area (Å²) in [6.07, 6.45) is 4.77. The lowest BCUT2D eigenvalue weighted by Gasteiger charge is -2.26. The van der Waals surface area contributed by atoms with Gasteiger partial charge in [-0.15, -0.1) is 0 Å². The minimum Gasteiger partial charge on any atom is -0.274 e. The maximum atomic E-state index is 12.9. The molecule has 0 saturated carbocycles. The third-order valence-corrected chi connectivity index (χ3v) is 7.38. The van der Waals surface area contributed by atoms with E-state index in [0.29, 0.717) is 11.1 Å². The third kappa shape index (κ3) is 3.22. The number of amides is 2. The fraction of sp³-hybridized carbons (Fsp3) is 0.238. The smallest absolute Gasteiger partial charge is 0.261 e. The Bertz CT molecular complexity index is 822. The molecule has 2 aromatic rings. The Kier molecular flexibility index (Phi) is 5.00. The SMILES string of the molecule is CC=CCC([SiH2]c1cccc(C)c1C)N1C(=O)c2ccccc2C1=O. The Labute approximate surface area is 151 Å². The highest BCUT2D eigenvalue weighted by molar-refractivity contribution is 6.56. The van der Waals surface area contributed by atoms with E-state index < -0.39 is 9.52 Å². The summed E-state index contributed by atoms with van der Waals surface area (Å²) in [7, 11) is -0.843. The second-order valence-corrected chi connectivity index (χ2v) is 8.66. The number of carbonyl (C=O) groups excluding carboxylic acids is 2. The summed E-state index contributed by atoms with van der Waals surface area (Å²) in [5.74, 6) is -0.291. The molecule has 1 aliphatic rings. The van der Waals surface area contributed by atoms with Gasteiger partial charge in [0.1, 0.15) is 0 Å². The van der Waals surface area contributed by atoms with Crippen molar-refractivity contribution in [3.05, 3.63) is 76.9 Å². The van der Waals surface area contributed by atoms with Crippen molar-refractivity contribution in [2.24, 2.45) is 0 Å². The van der Waals surface area contributed by atoms with Crippen molar-refractivity contribution in [1.82, 2.24) is 4.90 Å². The lowest BCUT2D eigenvalue weighted by Crippen LogP contribution is -2.47. The molecule has 0 radical (unpaired) electrons. The Morgan fingerprint density at radius 3 is 2.24 bits per heavy atom. The van der Waals surface area contributed by atoms with Crippen molar-refractivity contribution in [3.63, 3.8) is 0 Å². The molecule has 3 rings (SSSR count). The molecule has 2 aromatic carbocycles. The predicted octanol–water partition coefficient (Wildman–Crippen LogP) is 2.69. The van der Waals surface area contributed by atoms with E-state index in [1.807, 2.05) is 25.1 Å². The first kappa shape index (κ1) is 17.4. The highest BCUT2D eigenvalue weighted by atomic mass is 28.2. The van der Waals surface area contributed by atoms with E-state index in [4.69, 9.17) is 0 Å². The van der Waals surface area contributed by atoms with Crippen LogP contribution in [0.4, 0.5) is 0 Å². The molecule has 0 saturated heterocycles. The van der Waals surface area contributed by atoms with E-state index in [9.17, 15) is 9.59 Å². The van der Waals surface area contributed by atoms with Gasteiger partial charge in [0.15, 0.2) is 0 Å². The molecule has 1 aliphatic heterocycles. The molecule has 0 fully saturated rings. The average Bonchev–Trinajstić information content (AvgIpc) is 2.87. The van der Waals surface area contributed by atoms with Crippen LogP contribution in [0.2, 0.25) is 0 Å². The second kappa shape index (κ2) is 7.19. The van der Waals surface area contributed by atoms with Crippen LogP contribution in [0.15, 0.2) is 54.6 Å². The molecular formula is C21H23NO2Si. The normalized spacial score (nSPS) is 15.6. The van der Waals surface area contributed by atoms with Crippen LogP contribution in [0.25, 0.3) is 0 Å². The predicted molar refractivity (Wildman–Crippen MR) is 104 cm³/mol. The first-order chi connectivity index (χ1) is 12.0. The Morgan fingerprint density at radius 2 is 1.64 bits per heavy atom. The van der Waals surface area contributed by atoms with Gasteiger partial charge in [-0.1, -0.05) is 47.7 Å². The zero-order valence-corrected chi connectivity index (χ0v) is 16.4. The highest BCUT2D eigenvalue weighted by Crippen LogP contribution is 2.25. The summed E-state index contributed by atoms with van der Waals surface area (Å²) < 4.78 is 0. The van der Waals surface area contributed by atoms with Crippen LogP contribution in [0, 0.1) is 13.8 Å². The summed E-state index contributed by atoms with van der Waals surface area (Å²) in [4.78, 5) is 27.2. The molecule has 4 heteroatoms. The molecule has 1 heterocycles. The largest absolute Gasteiger partial charge is 0.274 e. The van der Waals surface area contributed by atoms with E-state index in [1.165, 1.54) is 21.2 Å². The number of nitrogens with zero attached hydrogens (tertiary/aromatic N) is 1. The van der Waals surface area contributed by atoms with Gasteiger partial charge in [-0.2, -0.15) is 0 Å². The zero-order valence-electron chi connectivity index (χ0n) is 15.0. The average molecular weight is 350 g/mol. The van der Waals surface area contributed by atoms with Gasteiger partial charge in [0, 0.05) is 5.67 Å². The zero-order chi connectivity index (χ0) is 18.0. The van der Waals surface area contributed by atoms with Crippen molar-refractivity contribution >= 4 is 26.5 Å². The van der Waals surface area contributed by atoms with Gasteiger partial charge < -0.3 is 0 Å². The van der Waals surface area contributed by atoms with Crippen molar-refractivity contribution in [1.29, 1.82) is 0 Å². The van der Waals surface area contributed by atoms with E-state index >= 15 is 0 Å². The van der Waals surface area contributed by atoms with E-state index in [2.05, 4.69) is 38.1 Å². The van der Waals surface area contributed by atoms with Gasteiger partial charge >= 0.3 is 0 Å². The summed E-state index contributed by atoms with van der Waals surface area (Å²) in [6, 6.07) is 13.5. The summed E-state index contributed by atoms with van der Waals surface area (Å²) in [5.41, 5.74) is 3.58. The van der Waals surface area contributed by atoms with Crippen LogP contribution in [0.5, 0.6) is 0 Å². The Balaban J connectivity index is 1.96. The van der Waals surface area contributed by atoms with Gasteiger partial charge in [-0.05, 0) is 50.5 Å². The molecule has 0 aromatic heterocycles. The molecule has 25 heavy (non-hydrogen) atoms. The number of hydrogen-bond acceptors (Lipinski definition) is 2. The standard InChI is InChI=1S/C21H23NO2Si/c1-4-5-13-19(25-18-12-8-9-14(2)15(18)3)22-20(23)16-10-6-7-11-17(16)21(22)24/h4-12,19H,13,25H2,1-3H3. The molecule has 3 nitrogen and oxygen atoms in total. The molecule has 1 atom stereocenters. The maximum Gasteiger partial charge on any atom is 0.261 e. The Morgan fingerprint density at radius 1 is 1.00 bits per heavy atom. The molecule has 128 valence electrons. The van der Waals surface area contributed by atoms with Gasteiger partial charge in [0.05, 0.1) is 20.6 Å². The number of fused-ring (bicyclic) bond motifs is 1. The molecule has 0 bridgehead atoms. The first-order valence-electron chi connectivity index (χ1n) is 8.67. The van der Waals surface area contributed by atoms with Crippen molar-refractivity contribution in [3.8, 4) is 0 Å². The van der Waals surface area contributed by atoms with E-state index in [-0.39, 0.29) is 17.5 Å². The van der Waals surface area contributed by atoms with E-state index in [1.54, 1.807) is 12.1 Å². The molecule has 0 aliphatic carbocycles. The number of hydrogen-bond donors (Lipinski definition) is 0. The minimum absolute atomic E-state index is 0.0379. The van der Waals surface area contributed by atoms with Crippen LogP contribution in [-0.2, 0) is 0 Å². The van der Waals surface area contributed by atoms with Gasteiger partial charge in [-0.3, -0.25) is 14.5 Å². The number of rotatable bonds is 5. The Hall–Kier alpha value is -2.46. The molecule has 2 amide bonds. The summed E-state index contributed by atoms with van der Waals surface area (Å²) in [6.45, 7) is 6.21. The topological polar surface area (TPSA) is 37.4 Å². The van der Waals surface area contributed by atoms with E-state index in [0.717, 1.165) is 6.42 Å². The molecule has 1 unspecified atom stereocenters. The fourth-order valence-corrected chi connectivity index (χ4v) is 5.64. The van der Waals surface area contributed by atoms with Crippen molar-refractivity contribution in [2.45, 2.75) is 32.9 Å². The second-order valence-electron chi connectivity index (χ2n) is 6.55. The van der Waals surface area contributed by atoms with Crippen LogP contribution in [-0.4, -0.2) is 31.9 Å². The monoisotopic (exact) mass is 349 g/mol. The molecule has 0 N–H and O–H groups in total. The molecule has 0 spiro atoms. The number of carbonyl (C=O) groups is 2. The number of aryl methyl sites for hydroxylation is 1. The summed E-state index contributed by atoms with van der Waals surface area (Å²) in [5, 5.41) is 1.33. The van der Waals surface area contributed by atoms with Crippen molar-refractivity contribution in [2.75, 3.05) is 0 Å². The molecular weight excluding hydrogens is 326 g/mol. The lowest BCUT2D eigenvalue weighted by atomic mass is 10.1. The van der Waals surface area contributed by atoms with Crippen LogP contribution in [0.1, 0.15) is 45.2 Å².